The molecular formula is C56H77ClN16O9. The van der Waals surface area contributed by atoms with Gasteiger partial charge in [0.2, 0.25) is 47.3 Å². The molecule has 1 aliphatic heterocycles. The largest absolute Gasteiger partial charge is 0.401 e. The lowest BCUT2D eigenvalue weighted by Gasteiger charge is -2.30. The number of hydrogen-bond acceptors (Lipinski definition) is 12. The molecule has 19 N–H and O–H groups in total. The molecule has 1 aromatic heterocycles. The van der Waals surface area contributed by atoms with Crippen LogP contribution in [0.5, 0.6) is 0 Å². The number of benzene rings is 3. The molecule has 25 nitrogen and oxygen atoms in total. The van der Waals surface area contributed by atoms with Gasteiger partial charge in [0, 0.05) is 73.6 Å². The molecule has 4 aromatic rings. The average molecular weight is 1150 g/mol. The number of H-pyrrole nitrogens is 1. The van der Waals surface area contributed by atoms with Crippen LogP contribution in [0.1, 0.15) is 81.9 Å². The quantitative estimate of drug-likeness (QED) is 0.0312. The molecule has 1 unspecified atom stereocenters. The lowest BCUT2D eigenvalue weighted by molar-refractivity contribution is -0.138. The first-order valence-corrected chi connectivity index (χ1v) is 27.4. The van der Waals surface area contributed by atoms with E-state index in [0.717, 1.165) is 16.5 Å². The van der Waals surface area contributed by atoms with E-state index >= 15 is 4.79 Å². The maximum atomic E-state index is 15.0. The number of aromatic nitrogens is 1. The first kappa shape index (κ1) is 64.1. The molecule has 0 radical (unpaired) electrons. The number of nitrogens with one attached hydrogen (secondary N) is 9. The highest BCUT2D eigenvalue weighted by atomic mass is 35.5. The second-order valence-corrected chi connectivity index (χ2v) is 20.3. The Balaban J connectivity index is 1.59. The van der Waals surface area contributed by atoms with Gasteiger partial charge < -0.3 is 80.9 Å². The molecule has 1 fully saturated rings. The fourth-order valence-corrected chi connectivity index (χ4v) is 9.24. The Morgan fingerprint density at radius 3 is 2.02 bits per heavy atom. The van der Waals surface area contributed by atoms with Gasteiger partial charge in [0.25, 0.3) is 0 Å². The molecule has 82 heavy (non-hydrogen) atoms. The third-order valence-electron chi connectivity index (χ3n) is 13.4. The predicted molar refractivity (Wildman–Crippen MR) is 312 cm³/mol. The third-order valence-corrected chi connectivity index (χ3v) is 13.8. The summed E-state index contributed by atoms with van der Waals surface area (Å²) >= 11 is 6.67. The van der Waals surface area contributed by atoms with Gasteiger partial charge in [0.05, 0.1) is 18.8 Å². The number of carbonyl (C=O) groups is 8. The van der Waals surface area contributed by atoms with Crippen LogP contribution in [0.2, 0.25) is 5.02 Å². The van der Waals surface area contributed by atoms with Gasteiger partial charge in [-0.1, -0.05) is 84.9 Å². The van der Waals surface area contributed by atoms with Gasteiger partial charge in [0.15, 0.2) is 11.9 Å². The van der Waals surface area contributed by atoms with Crippen molar-refractivity contribution < 1.29 is 43.1 Å². The summed E-state index contributed by atoms with van der Waals surface area (Å²) in [6.45, 7) is 6.85. The first-order valence-electron chi connectivity index (χ1n) is 27.0. The minimum atomic E-state index is -1.61. The monoisotopic (exact) mass is 1150 g/mol. The lowest BCUT2D eigenvalue weighted by Crippen LogP contribution is -2.62. The Kier molecular flexibility index (Phi) is 25.4. The van der Waals surface area contributed by atoms with Gasteiger partial charge >= 0.3 is 0 Å². The molecule has 3 aromatic carbocycles. The van der Waals surface area contributed by atoms with E-state index in [1.165, 1.54) is 13.8 Å². The Morgan fingerprint density at radius 2 is 1.34 bits per heavy atom. The zero-order valence-electron chi connectivity index (χ0n) is 46.1. The van der Waals surface area contributed by atoms with E-state index in [4.69, 9.17) is 45.0 Å². The molecule has 1 saturated heterocycles. The Morgan fingerprint density at radius 1 is 0.732 bits per heavy atom. The number of halogens is 1. The fraction of sp³-hybridized carbons (Fsp3) is 0.429. The zero-order chi connectivity index (χ0) is 59.7. The van der Waals surface area contributed by atoms with Crippen LogP contribution in [0.15, 0.2) is 107 Å². The number of guanidine groups is 2. The molecule has 8 amide bonds. The highest BCUT2D eigenvalue weighted by Crippen LogP contribution is 2.21. The molecule has 8 atom stereocenters. The van der Waals surface area contributed by atoms with E-state index in [1.54, 1.807) is 54.7 Å². The number of rotatable bonds is 20. The summed E-state index contributed by atoms with van der Waals surface area (Å²) < 4.78 is 6.22. The molecular weight excluding hydrogens is 1080 g/mol. The van der Waals surface area contributed by atoms with Gasteiger partial charge in [-0.15, -0.1) is 0 Å². The van der Waals surface area contributed by atoms with Crippen LogP contribution in [-0.4, -0.2) is 132 Å². The van der Waals surface area contributed by atoms with E-state index in [1.807, 2.05) is 30.3 Å². The minimum Gasteiger partial charge on any atom is -0.401 e. The standard InChI is InChI=1S/C56H77ClN16O9/c1-32(58)40-20-11-25-63-47(75)24-23-44(70-49(76)42(67-34(3)74)21-12-26-64-55(59)60)51(78)73-48(33(2)82-31-35-14-5-4-6-15-35)54(81)72-45(28-36-16-7-9-18-39(36)57)53(80)69-43(22-13-27-65-56(61)62)50(77)71-46(52(79)68-40)29-37-30-66-41-19-10-8-17-38(37)41/h4-10,14-19,30,33,40,42-46,48,66H,1,11-13,20-29,31,58H2,2-3H3,(H,63,75)(H,67,74)(H,68,79)(H,69,80)(H,70,76)(H,71,77)(H,72,81)(H,73,78)(H4,59,60,64)(H4,61,62,65)/t33-,40?,42+,43+,44+,45-,46+,48+/m1/s1. The van der Waals surface area contributed by atoms with Crippen molar-refractivity contribution in [2.24, 2.45) is 38.7 Å². The van der Waals surface area contributed by atoms with Crippen molar-refractivity contribution in [1.29, 1.82) is 0 Å². The lowest BCUT2D eigenvalue weighted by atomic mass is 10.0. The molecule has 0 saturated carbocycles. The molecule has 5 rings (SSSR count). The van der Waals surface area contributed by atoms with Crippen molar-refractivity contribution >= 4 is 81.7 Å². The first-order chi connectivity index (χ1) is 39.2. The molecule has 0 bridgehead atoms. The Hall–Kier alpha value is -8.71. The topological polar surface area (TPSA) is 413 Å². The van der Waals surface area contributed by atoms with E-state index in [9.17, 15) is 33.6 Å². The van der Waals surface area contributed by atoms with E-state index in [-0.39, 0.29) is 113 Å². The highest BCUT2D eigenvalue weighted by Gasteiger charge is 2.37. The second-order valence-electron chi connectivity index (χ2n) is 19.9. The van der Waals surface area contributed by atoms with Gasteiger partial charge in [-0.3, -0.25) is 48.3 Å². The van der Waals surface area contributed by atoms with Crippen LogP contribution in [0, 0.1) is 0 Å². The maximum Gasteiger partial charge on any atom is 0.245 e. The Labute approximate surface area is 480 Å². The number of nitrogens with two attached hydrogens (primary N) is 5. The van der Waals surface area contributed by atoms with Gasteiger partial charge in [-0.25, -0.2) is 0 Å². The van der Waals surface area contributed by atoms with Crippen molar-refractivity contribution in [3.05, 3.63) is 119 Å². The summed E-state index contributed by atoms with van der Waals surface area (Å²) in [5.74, 6) is -6.39. The highest BCUT2D eigenvalue weighted by molar-refractivity contribution is 6.31. The summed E-state index contributed by atoms with van der Waals surface area (Å²) in [7, 11) is 0. The number of carbonyl (C=O) groups excluding carboxylic acids is 8. The Bertz CT molecular complexity index is 2910. The van der Waals surface area contributed by atoms with Crippen molar-refractivity contribution in [3.63, 3.8) is 0 Å². The molecule has 1 aliphatic rings. The number of para-hydroxylation sites is 1. The van der Waals surface area contributed by atoms with Crippen LogP contribution in [0.3, 0.4) is 0 Å². The fourth-order valence-electron chi connectivity index (χ4n) is 9.03. The van der Waals surface area contributed by atoms with E-state index < -0.39 is 95.7 Å². The molecule has 442 valence electrons. The molecule has 26 heteroatoms. The number of fused-ring (bicyclic) bond motifs is 1. The predicted octanol–water partition coefficient (Wildman–Crippen LogP) is -0.105. The molecule has 0 aliphatic carbocycles. The molecule has 2 heterocycles. The minimum absolute atomic E-state index is 0.0202. The maximum absolute atomic E-state index is 15.0. The van der Waals surface area contributed by atoms with Gasteiger partial charge in [0.1, 0.15) is 36.3 Å². The van der Waals surface area contributed by atoms with Gasteiger partial charge in [-0.05, 0) is 80.7 Å². The van der Waals surface area contributed by atoms with Crippen LogP contribution >= 0.6 is 11.6 Å². The van der Waals surface area contributed by atoms with E-state index in [0.29, 0.717) is 11.1 Å². The summed E-state index contributed by atoms with van der Waals surface area (Å²) in [4.78, 5) is 125. The van der Waals surface area contributed by atoms with Crippen molar-refractivity contribution in [2.45, 2.75) is 133 Å². The third kappa shape index (κ3) is 21.1. The number of nitrogens with zero attached hydrogens (tertiary/aromatic N) is 2. The number of hydrogen-bond donors (Lipinski definition) is 14. The number of ether oxygens (including phenoxy) is 1. The van der Waals surface area contributed by atoms with Crippen LogP contribution < -0.4 is 71.2 Å². The zero-order valence-corrected chi connectivity index (χ0v) is 46.9. The number of amides is 8. The number of aromatic amines is 1. The number of aliphatic imine (C=N–C) groups is 2. The van der Waals surface area contributed by atoms with Crippen molar-refractivity contribution in [3.8, 4) is 0 Å². The average Bonchev–Trinajstić information content (AvgIpc) is 4.00. The van der Waals surface area contributed by atoms with Crippen LogP contribution in [0.4, 0.5) is 0 Å². The summed E-state index contributed by atoms with van der Waals surface area (Å²) in [5.41, 5.74) is 31.2. The normalized spacial score (nSPS) is 20.7. The SMILES string of the molecule is C=C(N)C1CCCNC(=O)CC[C@H](NC(=O)[C@H](CCCN=C(N)N)NC(C)=O)C(=O)N[C@@H]([C@@H](C)OCc2ccccc2)C(=O)N[C@H](Cc2ccccc2Cl)C(=O)N[C@@H](CCCN=C(N)N)C(=O)N[C@@H](Cc2c[nH]c3ccccc23)C(=O)N1. The second kappa shape index (κ2) is 32.5. The van der Waals surface area contributed by atoms with Crippen LogP contribution in [0.25, 0.3) is 10.9 Å². The smallest absolute Gasteiger partial charge is 0.245 e. The summed E-state index contributed by atoms with van der Waals surface area (Å²) in [5, 5.41) is 23.1. The van der Waals surface area contributed by atoms with Crippen molar-refractivity contribution in [1.82, 2.24) is 47.5 Å². The van der Waals surface area contributed by atoms with Crippen LogP contribution in [-0.2, 0) is 62.5 Å². The summed E-state index contributed by atoms with van der Waals surface area (Å²) in [6.07, 6.45) is 0.532. The van der Waals surface area contributed by atoms with Gasteiger partial charge in [-0.2, -0.15) is 0 Å². The summed E-state index contributed by atoms with van der Waals surface area (Å²) in [6, 6.07) is 13.7. The van der Waals surface area contributed by atoms with Crippen molar-refractivity contribution in [2.75, 3.05) is 19.6 Å². The molecule has 0 spiro atoms. The van der Waals surface area contributed by atoms with E-state index in [2.05, 4.69) is 64.1 Å².